The molecule has 1 atom stereocenters. The van der Waals surface area contributed by atoms with E-state index in [4.69, 9.17) is 4.74 Å². The molecule has 5 heteroatoms. The monoisotopic (exact) mass is 414 g/mol. The van der Waals surface area contributed by atoms with E-state index in [0.717, 1.165) is 22.4 Å². The van der Waals surface area contributed by atoms with Gasteiger partial charge in [-0.3, -0.25) is 9.59 Å². The molecule has 1 saturated heterocycles. The van der Waals surface area contributed by atoms with E-state index in [2.05, 4.69) is 11.4 Å². The molecule has 3 aromatic carbocycles. The first-order valence-corrected chi connectivity index (χ1v) is 10.5. The first-order valence-electron chi connectivity index (χ1n) is 10.5. The van der Waals surface area contributed by atoms with Gasteiger partial charge in [0.1, 0.15) is 5.75 Å². The predicted molar refractivity (Wildman–Crippen MR) is 121 cm³/mol. The van der Waals surface area contributed by atoms with Crippen molar-refractivity contribution in [2.45, 2.75) is 6.42 Å². The van der Waals surface area contributed by atoms with Crippen LogP contribution in [0.15, 0.2) is 78.9 Å². The SMILES string of the molecule is COc1ccccc1-c1ccccc1C[C@H]1CN(C(=O)c2ccccc2)CCNC1=O. The molecule has 3 aromatic rings. The molecule has 1 fully saturated rings. The van der Waals surface area contributed by atoms with Gasteiger partial charge in [0.15, 0.2) is 0 Å². The van der Waals surface area contributed by atoms with Crippen molar-refractivity contribution in [1.29, 1.82) is 0 Å². The average molecular weight is 415 g/mol. The van der Waals surface area contributed by atoms with Crippen molar-refractivity contribution < 1.29 is 14.3 Å². The Kier molecular flexibility index (Phi) is 6.32. The Morgan fingerprint density at radius 1 is 0.968 bits per heavy atom. The van der Waals surface area contributed by atoms with Crippen LogP contribution in [0.25, 0.3) is 11.1 Å². The van der Waals surface area contributed by atoms with Gasteiger partial charge in [0.25, 0.3) is 5.91 Å². The zero-order valence-corrected chi connectivity index (χ0v) is 17.6. The Bertz CT molecular complexity index is 1070. The van der Waals surface area contributed by atoms with E-state index in [1.165, 1.54) is 0 Å². The van der Waals surface area contributed by atoms with Gasteiger partial charge in [-0.05, 0) is 35.7 Å². The molecule has 5 nitrogen and oxygen atoms in total. The maximum absolute atomic E-state index is 13.0. The van der Waals surface area contributed by atoms with Gasteiger partial charge in [-0.15, -0.1) is 0 Å². The molecule has 31 heavy (non-hydrogen) atoms. The molecule has 4 rings (SSSR count). The summed E-state index contributed by atoms with van der Waals surface area (Å²) >= 11 is 0. The van der Waals surface area contributed by atoms with E-state index in [9.17, 15) is 9.59 Å². The van der Waals surface area contributed by atoms with E-state index >= 15 is 0 Å². The number of methoxy groups -OCH3 is 1. The number of carbonyl (C=O) groups excluding carboxylic acids is 2. The highest BCUT2D eigenvalue weighted by molar-refractivity contribution is 5.95. The van der Waals surface area contributed by atoms with Gasteiger partial charge < -0.3 is 15.0 Å². The predicted octanol–water partition coefficient (Wildman–Crippen LogP) is 3.79. The first-order chi connectivity index (χ1) is 15.2. The summed E-state index contributed by atoms with van der Waals surface area (Å²) in [6, 6.07) is 25.2. The lowest BCUT2D eigenvalue weighted by atomic mass is 9.91. The van der Waals surface area contributed by atoms with Gasteiger partial charge in [-0.25, -0.2) is 0 Å². The fourth-order valence-corrected chi connectivity index (χ4v) is 4.10. The number of ether oxygens (including phenoxy) is 1. The number of hydrogen-bond acceptors (Lipinski definition) is 3. The van der Waals surface area contributed by atoms with Crippen molar-refractivity contribution in [2.24, 2.45) is 5.92 Å². The molecule has 0 radical (unpaired) electrons. The lowest BCUT2D eigenvalue weighted by Crippen LogP contribution is -2.37. The maximum Gasteiger partial charge on any atom is 0.253 e. The Labute approximate surface area is 182 Å². The van der Waals surface area contributed by atoms with E-state index < -0.39 is 0 Å². The second-order valence-corrected chi connectivity index (χ2v) is 7.67. The molecule has 0 saturated carbocycles. The van der Waals surface area contributed by atoms with Crippen molar-refractivity contribution in [3.63, 3.8) is 0 Å². The summed E-state index contributed by atoms with van der Waals surface area (Å²) in [5.41, 5.74) is 3.73. The quantitative estimate of drug-likeness (QED) is 0.691. The number of para-hydroxylation sites is 1. The van der Waals surface area contributed by atoms with Crippen molar-refractivity contribution in [3.05, 3.63) is 90.0 Å². The molecule has 2 amide bonds. The fraction of sp³-hybridized carbons (Fsp3) is 0.231. The van der Waals surface area contributed by atoms with Gasteiger partial charge in [-0.1, -0.05) is 60.7 Å². The summed E-state index contributed by atoms with van der Waals surface area (Å²) in [6.45, 7) is 1.35. The number of rotatable bonds is 5. The highest BCUT2D eigenvalue weighted by Crippen LogP contribution is 2.33. The molecule has 0 spiro atoms. The number of nitrogens with zero attached hydrogens (tertiary/aromatic N) is 1. The number of nitrogens with one attached hydrogen (secondary N) is 1. The maximum atomic E-state index is 13.0. The first kappa shape index (κ1) is 20.7. The molecule has 158 valence electrons. The Balaban J connectivity index is 1.61. The summed E-state index contributed by atoms with van der Waals surface area (Å²) in [5.74, 6) is 0.408. The molecule has 0 bridgehead atoms. The highest BCUT2D eigenvalue weighted by atomic mass is 16.5. The summed E-state index contributed by atoms with van der Waals surface area (Å²) in [5, 5.41) is 2.98. The second-order valence-electron chi connectivity index (χ2n) is 7.67. The molecule has 1 N–H and O–H groups in total. The van der Waals surface area contributed by atoms with Crippen LogP contribution in [0.4, 0.5) is 0 Å². The standard InChI is InChI=1S/C26H26N2O3/c1-31-24-14-8-7-13-23(24)22-12-6-5-11-20(22)17-21-18-28(16-15-27-25(21)29)26(30)19-9-3-2-4-10-19/h2-14,21H,15-18H2,1H3,(H,27,29)/t21-/m0/s1. The lowest BCUT2D eigenvalue weighted by Gasteiger charge is -2.24. The van der Waals surface area contributed by atoms with Crippen LogP contribution in [0.3, 0.4) is 0 Å². The van der Waals surface area contributed by atoms with Crippen LogP contribution >= 0.6 is 0 Å². The number of carbonyl (C=O) groups is 2. The molecule has 1 aliphatic heterocycles. The summed E-state index contributed by atoms with van der Waals surface area (Å²) in [7, 11) is 1.66. The van der Waals surface area contributed by atoms with Crippen LogP contribution in [-0.4, -0.2) is 43.5 Å². The van der Waals surface area contributed by atoms with Gasteiger partial charge in [0, 0.05) is 30.8 Å². The van der Waals surface area contributed by atoms with Crippen LogP contribution in [0.1, 0.15) is 15.9 Å². The molecular formula is C26H26N2O3. The summed E-state index contributed by atoms with van der Waals surface area (Å²) in [6.07, 6.45) is 0.540. The van der Waals surface area contributed by atoms with Crippen molar-refractivity contribution in [1.82, 2.24) is 10.2 Å². The molecule has 1 heterocycles. The van der Waals surface area contributed by atoms with E-state index in [1.807, 2.05) is 72.8 Å². The number of hydrogen-bond donors (Lipinski definition) is 1. The zero-order valence-electron chi connectivity index (χ0n) is 17.6. The molecule has 0 unspecified atom stereocenters. The second kappa shape index (κ2) is 9.47. The smallest absolute Gasteiger partial charge is 0.253 e. The Morgan fingerprint density at radius 3 is 2.42 bits per heavy atom. The topological polar surface area (TPSA) is 58.6 Å². The average Bonchev–Trinajstić information content (AvgIpc) is 3.01. The van der Waals surface area contributed by atoms with Crippen LogP contribution in [0.2, 0.25) is 0 Å². The third-order valence-corrected chi connectivity index (χ3v) is 5.68. The van der Waals surface area contributed by atoms with Crippen LogP contribution in [0, 0.1) is 5.92 Å². The molecule has 0 aliphatic carbocycles. The third-order valence-electron chi connectivity index (χ3n) is 5.68. The van der Waals surface area contributed by atoms with Crippen molar-refractivity contribution >= 4 is 11.8 Å². The minimum Gasteiger partial charge on any atom is -0.496 e. The number of benzene rings is 3. The van der Waals surface area contributed by atoms with E-state index in [1.54, 1.807) is 12.0 Å². The van der Waals surface area contributed by atoms with Crippen LogP contribution < -0.4 is 10.1 Å². The van der Waals surface area contributed by atoms with E-state index in [0.29, 0.717) is 31.6 Å². The largest absolute Gasteiger partial charge is 0.496 e. The van der Waals surface area contributed by atoms with Crippen LogP contribution in [-0.2, 0) is 11.2 Å². The molecular weight excluding hydrogens is 388 g/mol. The summed E-state index contributed by atoms with van der Waals surface area (Å²) in [4.78, 5) is 27.6. The molecule has 1 aliphatic rings. The minimum atomic E-state index is -0.328. The Morgan fingerprint density at radius 2 is 1.65 bits per heavy atom. The van der Waals surface area contributed by atoms with Crippen molar-refractivity contribution in [3.8, 4) is 16.9 Å². The van der Waals surface area contributed by atoms with Crippen LogP contribution in [0.5, 0.6) is 5.75 Å². The minimum absolute atomic E-state index is 0.0156. The van der Waals surface area contributed by atoms with Gasteiger partial charge in [0.05, 0.1) is 13.0 Å². The Hall–Kier alpha value is -3.60. The summed E-state index contributed by atoms with van der Waals surface area (Å²) < 4.78 is 5.55. The zero-order chi connectivity index (χ0) is 21.6. The number of amides is 2. The molecule has 0 aromatic heterocycles. The van der Waals surface area contributed by atoms with Gasteiger partial charge >= 0.3 is 0 Å². The van der Waals surface area contributed by atoms with Gasteiger partial charge in [0.2, 0.25) is 5.91 Å². The highest BCUT2D eigenvalue weighted by Gasteiger charge is 2.29. The normalized spacial score (nSPS) is 16.4. The van der Waals surface area contributed by atoms with Crippen molar-refractivity contribution in [2.75, 3.05) is 26.7 Å². The van der Waals surface area contributed by atoms with E-state index in [-0.39, 0.29) is 17.7 Å². The third kappa shape index (κ3) is 4.61. The van der Waals surface area contributed by atoms with Gasteiger partial charge in [-0.2, -0.15) is 0 Å². The fourth-order valence-electron chi connectivity index (χ4n) is 4.10. The lowest BCUT2D eigenvalue weighted by molar-refractivity contribution is -0.124.